The van der Waals surface area contributed by atoms with Gasteiger partial charge >= 0.3 is 0 Å². The van der Waals surface area contributed by atoms with Crippen LogP contribution in [0.15, 0.2) is 30.3 Å². The minimum Gasteiger partial charge on any atom is -0.395 e. The van der Waals surface area contributed by atoms with E-state index in [0.717, 1.165) is 12.0 Å². The Morgan fingerprint density at radius 2 is 1.68 bits per heavy atom. The van der Waals surface area contributed by atoms with Crippen molar-refractivity contribution < 1.29 is 19.5 Å². The molecular weight excluding hydrogens is 320 g/mol. The van der Waals surface area contributed by atoms with Crippen LogP contribution in [-0.4, -0.2) is 52.3 Å². The van der Waals surface area contributed by atoms with Gasteiger partial charge in [-0.3, -0.25) is 19.3 Å². The number of aliphatic hydroxyl groups excluding tert-OH is 1. The Morgan fingerprint density at radius 1 is 1.08 bits per heavy atom. The largest absolute Gasteiger partial charge is 0.395 e. The second-order valence-corrected chi connectivity index (χ2v) is 7.46. The first kappa shape index (κ1) is 16.3. The van der Waals surface area contributed by atoms with Crippen LogP contribution in [0.3, 0.4) is 0 Å². The Morgan fingerprint density at radius 3 is 2.16 bits per heavy atom. The summed E-state index contributed by atoms with van der Waals surface area (Å²) in [7, 11) is 0. The van der Waals surface area contributed by atoms with E-state index in [4.69, 9.17) is 0 Å². The van der Waals surface area contributed by atoms with Crippen LogP contribution >= 0.6 is 0 Å². The van der Waals surface area contributed by atoms with Crippen molar-refractivity contribution in [2.24, 2.45) is 17.3 Å². The van der Waals surface area contributed by atoms with Gasteiger partial charge in [-0.05, 0) is 18.4 Å². The highest BCUT2D eigenvalue weighted by atomic mass is 16.3. The smallest absolute Gasteiger partial charge is 0.235 e. The van der Waals surface area contributed by atoms with E-state index in [1.165, 1.54) is 4.90 Å². The van der Waals surface area contributed by atoms with Crippen LogP contribution in [-0.2, 0) is 20.9 Å². The molecule has 6 heteroatoms. The molecule has 0 aromatic heterocycles. The number of rotatable bonds is 4. The van der Waals surface area contributed by atoms with E-state index in [1.807, 2.05) is 30.3 Å². The van der Waals surface area contributed by atoms with Crippen molar-refractivity contribution in [3.8, 4) is 0 Å². The van der Waals surface area contributed by atoms with Crippen molar-refractivity contribution in [2.75, 3.05) is 19.7 Å². The maximum Gasteiger partial charge on any atom is 0.235 e. The van der Waals surface area contributed by atoms with Gasteiger partial charge in [-0.2, -0.15) is 0 Å². The van der Waals surface area contributed by atoms with Crippen molar-refractivity contribution in [1.82, 2.24) is 9.80 Å². The second-order valence-electron chi connectivity index (χ2n) is 7.46. The predicted molar refractivity (Wildman–Crippen MR) is 88.9 cm³/mol. The minimum absolute atomic E-state index is 0.0918. The topological polar surface area (TPSA) is 77.9 Å². The number of hydrogen-bond donors (Lipinski definition) is 1. The SMILES string of the molecule is O=C1[C@H]2CN(C(=O)C3(CO)CCC3)C[C@H]2C(=O)N1Cc1ccccc1. The Bertz CT molecular complexity index is 684. The lowest BCUT2D eigenvalue weighted by molar-refractivity contribution is -0.151. The lowest BCUT2D eigenvalue weighted by atomic mass is 9.68. The fraction of sp³-hybridized carbons (Fsp3) is 0.526. The molecule has 2 saturated heterocycles. The monoisotopic (exact) mass is 342 g/mol. The number of benzene rings is 1. The first-order chi connectivity index (χ1) is 12.1. The van der Waals surface area contributed by atoms with Gasteiger partial charge in [0.05, 0.1) is 30.4 Å². The van der Waals surface area contributed by atoms with Crippen molar-refractivity contribution in [2.45, 2.75) is 25.8 Å². The standard InChI is InChI=1S/C19H22N2O4/c22-12-19(7-4-8-19)18(25)20-10-14-15(11-20)17(24)21(16(14)23)9-13-5-2-1-3-6-13/h1-3,5-6,14-15,22H,4,7-12H2/t14-,15+. The first-order valence-electron chi connectivity index (χ1n) is 8.85. The van der Waals surface area contributed by atoms with E-state index in [1.54, 1.807) is 4.90 Å². The first-order valence-corrected chi connectivity index (χ1v) is 8.85. The molecule has 0 radical (unpaired) electrons. The summed E-state index contributed by atoms with van der Waals surface area (Å²) in [4.78, 5) is 41.1. The average Bonchev–Trinajstić information content (AvgIpc) is 3.11. The van der Waals surface area contributed by atoms with Gasteiger partial charge in [0, 0.05) is 13.1 Å². The van der Waals surface area contributed by atoms with E-state index in [2.05, 4.69) is 0 Å². The summed E-state index contributed by atoms with van der Waals surface area (Å²) in [6.45, 7) is 0.724. The van der Waals surface area contributed by atoms with Crippen LogP contribution in [0, 0.1) is 17.3 Å². The van der Waals surface area contributed by atoms with E-state index >= 15 is 0 Å². The van der Waals surface area contributed by atoms with Crippen LogP contribution in [0.2, 0.25) is 0 Å². The predicted octanol–water partition coefficient (Wildman–Crippen LogP) is 0.793. The summed E-state index contributed by atoms with van der Waals surface area (Å²) >= 11 is 0. The molecule has 3 fully saturated rings. The van der Waals surface area contributed by atoms with Crippen molar-refractivity contribution in [3.63, 3.8) is 0 Å². The maximum absolute atomic E-state index is 12.7. The highest BCUT2D eigenvalue weighted by Crippen LogP contribution is 2.44. The quantitative estimate of drug-likeness (QED) is 0.821. The molecule has 2 aliphatic heterocycles. The second kappa shape index (κ2) is 5.95. The third-order valence-electron chi connectivity index (χ3n) is 6.02. The molecule has 1 aromatic rings. The summed E-state index contributed by atoms with van der Waals surface area (Å²) in [5.74, 6) is -1.32. The molecule has 2 heterocycles. The number of imide groups is 1. The van der Waals surface area contributed by atoms with Crippen molar-refractivity contribution in [1.29, 1.82) is 0 Å². The summed E-state index contributed by atoms with van der Waals surface area (Å²) in [6.07, 6.45) is 2.32. The number of amides is 3. The Kier molecular flexibility index (Phi) is 3.87. The van der Waals surface area contributed by atoms with Gasteiger partial charge in [-0.25, -0.2) is 0 Å². The van der Waals surface area contributed by atoms with Crippen LogP contribution in [0.1, 0.15) is 24.8 Å². The molecule has 1 aromatic carbocycles. The molecule has 1 aliphatic carbocycles. The molecule has 4 rings (SSSR count). The molecule has 0 unspecified atom stereocenters. The minimum atomic E-state index is -0.672. The maximum atomic E-state index is 12.7. The van der Waals surface area contributed by atoms with Crippen LogP contribution in [0.4, 0.5) is 0 Å². The fourth-order valence-corrected chi connectivity index (χ4v) is 4.28. The molecule has 2 atom stereocenters. The molecule has 132 valence electrons. The highest BCUT2D eigenvalue weighted by molar-refractivity contribution is 6.06. The molecular formula is C19H22N2O4. The van der Waals surface area contributed by atoms with Gasteiger partial charge in [0.15, 0.2) is 0 Å². The molecule has 0 bridgehead atoms. The summed E-state index contributed by atoms with van der Waals surface area (Å²) in [5, 5.41) is 9.59. The molecule has 1 saturated carbocycles. The Hall–Kier alpha value is -2.21. The number of nitrogens with zero attached hydrogens (tertiary/aromatic N) is 2. The van der Waals surface area contributed by atoms with E-state index in [-0.39, 0.29) is 24.3 Å². The van der Waals surface area contributed by atoms with Crippen molar-refractivity contribution >= 4 is 17.7 Å². The number of aliphatic hydroxyl groups is 1. The van der Waals surface area contributed by atoms with E-state index in [0.29, 0.717) is 32.5 Å². The summed E-state index contributed by atoms with van der Waals surface area (Å²) in [5.41, 5.74) is 0.250. The zero-order chi connectivity index (χ0) is 17.6. The number of carbonyl (C=O) groups excluding carboxylic acids is 3. The van der Waals surface area contributed by atoms with Crippen LogP contribution in [0.5, 0.6) is 0 Å². The Balaban J connectivity index is 1.47. The summed E-state index contributed by atoms with van der Waals surface area (Å²) < 4.78 is 0. The van der Waals surface area contributed by atoms with Gasteiger partial charge in [0.25, 0.3) is 0 Å². The van der Waals surface area contributed by atoms with Gasteiger partial charge < -0.3 is 10.0 Å². The Labute approximate surface area is 146 Å². The number of carbonyl (C=O) groups is 3. The summed E-state index contributed by atoms with van der Waals surface area (Å²) in [6, 6.07) is 9.45. The zero-order valence-corrected chi connectivity index (χ0v) is 14.1. The van der Waals surface area contributed by atoms with Gasteiger partial charge in [0.1, 0.15) is 0 Å². The molecule has 3 aliphatic rings. The lowest BCUT2D eigenvalue weighted by Gasteiger charge is -2.41. The molecule has 3 amide bonds. The van der Waals surface area contributed by atoms with Crippen LogP contribution in [0.25, 0.3) is 0 Å². The molecule has 0 spiro atoms. The third-order valence-corrected chi connectivity index (χ3v) is 6.02. The van der Waals surface area contributed by atoms with E-state index < -0.39 is 17.3 Å². The number of hydrogen-bond acceptors (Lipinski definition) is 4. The zero-order valence-electron chi connectivity index (χ0n) is 14.1. The number of fused-ring (bicyclic) bond motifs is 1. The van der Waals surface area contributed by atoms with Gasteiger partial charge in [-0.1, -0.05) is 36.8 Å². The van der Waals surface area contributed by atoms with Crippen molar-refractivity contribution in [3.05, 3.63) is 35.9 Å². The highest BCUT2D eigenvalue weighted by Gasteiger charge is 2.56. The molecule has 1 N–H and O–H groups in total. The number of likely N-dealkylation sites (tertiary alicyclic amines) is 2. The normalized spacial score (nSPS) is 27.4. The molecule has 25 heavy (non-hydrogen) atoms. The van der Waals surface area contributed by atoms with Gasteiger partial charge in [-0.15, -0.1) is 0 Å². The fourth-order valence-electron chi connectivity index (χ4n) is 4.28. The van der Waals surface area contributed by atoms with E-state index in [9.17, 15) is 19.5 Å². The van der Waals surface area contributed by atoms with Crippen LogP contribution < -0.4 is 0 Å². The average molecular weight is 342 g/mol. The lowest BCUT2D eigenvalue weighted by Crippen LogP contribution is -2.50. The third kappa shape index (κ3) is 2.47. The molecule has 6 nitrogen and oxygen atoms in total. The van der Waals surface area contributed by atoms with Gasteiger partial charge in [0.2, 0.25) is 17.7 Å².